The summed E-state index contributed by atoms with van der Waals surface area (Å²) in [6.45, 7) is 0. The summed E-state index contributed by atoms with van der Waals surface area (Å²) in [7, 11) is 0. The molecule has 8 nitrogen and oxygen atoms in total. The number of nitrogens with one attached hydrogen (secondary N) is 2. The third kappa shape index (κ3) is 4.68. The second-order valence-electron chi connectivity index (χ2n) is 6.33. The van der Waals surface area contributed by atoms with Crippen LogP contribution in [0.2, 0.25) is 0 Å². The molecule has 7 N–H and O–H groups in total. The van der Waals surface area contributed by atoms with E-state index < -0.39 is 23.2 Å². The zero-order valence-corrected chi connectivity index (χ0v) is 15.7. The van der Waals surface area contributed by atoms with Crippen LogP contribution >= 0.6 is 0 Å². The van der Waals surface area contributed by atoms with Gasteiger partial charge in [-0.15, -0.1) is 0 Å². The fourth-order valence-electron chi connectivity index (χ4n) is 2.67. The van der Waals surface area contributed by atoms with Crippen LogP contribution in [0.1, 0.15) is 20.7 Å². The Hall–Kier alpha value is -4.46. The van der Waals surface area contributed by atoms with Crippen molar-refractivity contribution in [2.45, 2.75) is 0 Å². The van der Waals surface area contributed by atoms with Gasteiger partial charge in [-0.25, -0.2) is 0 Å². The van der Waals surface area contributed by atoms with Gasteiger partial charge in [0.1, 0.15) is 0 Å². The normalized spacial score (nSPS) is 10.1. The highest BCUT2D eigenvalue weighted by atomic mass is 16.3. The number of primary amides is 1. The van der Waals surface area contributed by atoms with Crippen LogP contribution in [0, 0.1) is 0 Å². The summed E-state index contributed by atoms with van der Waals surface area (Å²) in [4.78, 5) is 25.5. The summed E-state index contributed by atoms with van der Waals surface area (Å²) in [5.41, 5.74) is 7.01. The van der Waals surface area contributed by atoms with Crippen LogP contribution in [0.3, 0.4) is 0 Å². The van der Waals surface area contributed by atoms with Gasteiger partial charge in [0.15, 0.2) is 17.2 Å². The quantitative estimate of drug-likeness (QED) is 0.289. The van der Waals surface area contributed by atoms with Gasteiger partial charge in [0.05, 0.1) is 0 Å². The monoisotopic (exact) mass is 405 g/mol. The molecule has 0 fully saturated rings. The number of aromatic nitrogens is 1. The number of carbonyl (C=O) groups excluding carboxylic acids is 2. The number of phenols is 3. The Morgan fingerprint density at radius 2 is 1.50 bits per heavy atom. The molecule has 0 bridgehead atoms. The molecule has 0 aliphatic heterocycles. The maximum atomic E-state index is 12.1. The minimum absolute atomic E-state index is 0.0365. The standard InChI is InChI=1S/C15H12N2O4.C7H7NO/c18-12-5-9(6-13(19)14(12)20)15(21)17-10-2-1-8-3-4-16-11(8)7-10;8-7(9)6-4-2-1-3-5-6/h1-7,16,18-20H,(H,17,21);1-5H,(H2,8,9). The maximum absolute atomic E-state index is 12.1. The predicted octanol–water partition coefficient (Wildman–Crippen LogP) is 3.32. The Balaban J connectivity index is 0.000000239. The van der Waals surface area contributed by atoms with Gasteiger partial charge in [-0.2, -0.15) is 0 Å². The summed E-state index contributed by atoms with van der Waals surface area (Å²) in [5.74, 6) is -2.65. The van der Waals surface area contributed by atoms with Crippen LogP contribution in [0.15, 0.2) is 72.9 Å². The van der Waals surface area contributed by atoms with Crippen molar-refractivity contribution in [3.8, 4) is 17.2 Å². The van der Waals surface area contributed by atoms with Gasteiger partial charge < -0.3 is 31.4 Å². The van der Waals surface area contributed by atoms with Crippen LogP contribution in [-0.2, 0) is 0 Å². The number of anilines is 1. The largest absolute Gasteiger partial charge is 0.504 e. The Labute approximate surface area is 171 Å². The van der Waals surface area contributed by atoms with Crippen molar-refractivity contribution in [3.63, 3.8) is 0 Å². The zero-order chi connectivity index (χ0) is 21.7. The topological polar surface area (TPSA) is 149 Å². The van der Waals surface area contributed by atoms with Gasteiger partial charge >= 0.3 is 0 Å². The minimum Gasteiger partial charge on any atom is -0.504 e. The molecule has 1 heterocycles. The number of aromatic amines is 1. The first-order valence-electron chi connectivity index (χ1n) is 8.83. The summed E-state index contributed by atoms with van der Waals surface area (Å²) >= 11 is 0. The average Bonchev–Trinajstić information content (AvgIpc) is 3.20. The van der Waals surface area contributed by atoms with Gasteiger partial charge in [0, 0.05) is 28.5 Å². The van der Waals surface area contributed by atoms with E-state index in [9.17, 15) is 24.9 Å². The Bertz CT molecular complexity index is 1180. The average molecular weight is 405 g/mol. The van der Waals surface area contributed by atoms with Crippen LogP contribution in [0.5, 0.6) is 17.2 Å². The number of phenolic OH excluding ortho intramolecular Hbond substituents is 3. The van der Waals surface area contributed by atoms with E-state index in [1.165, 1.54) is 0 Å². The number of fused-ring (bicyclic) bond motifs is 1. The van der Waals surface area contributed by atoms with Gasteiger partial charge in [0.25, 0.3) is 5.91 Å². The van der Waals surface area contributed by atoms with Crippen LogP contribution in [0.4, 0.5) is 5.69 Å². The Morgan fingerprint density at radius 1 is 0.833 bits per heavy atom. The molecule has 0 aliphatic rings. The number of nitrogens with two attached hydrogens (primary N) is 1. The van der Waals surface area contributed by atoms with E-state index in [1.807, 2.05) is 18.2 Å². The first-order valence-corrected chi connectivity index (χ1v) is 8.83. The van der Waals surface area contributed by atoms with Crippen molar-refractivity contribution in [2.24, 2.45) is 5.73 Å². The fraction of sp³-hybridized carbons (Fsp3) is 0. The first-order chi connectivity index (χ1) is 14.3. The van der Waals surface area contributed by atoms with E-state index >= 15 is 0 Å². The molecule has 3 aromatic carbocycles. The summed E-state index contributed by atoms with van der Waals surface area (Å²) in [6, 6.07) is 18.2. The van der Waals surface area contributed by atoms with Crippen molar-refractivity contribution >= 4 is 28.4 Å². The van der Waals surface area contributed by atoms with E-state index in [0.29, 0.717) is 11.3 Å². The number of aromatic hydroxyl groups is 3. The van der Waals surface area contributed by atoms with Crippen molar-refractivity contribution < 1.29 is 24.9 Å². The molecule has 0 unspecified atom stereocenters. The van der Waals surface area contributed by atoms with Gasteiger partial charge in [0.2, 0.25) is 5.91 Å². The number of hydrogen-bond acceptors (Lipinski definition) is 5. The van der Waals surface area contributed by atoms with E-state index in [0.717, 1.165) is 23.0 Å². The second kappa shape index (κ2) is 8.70. The number of hydrogen-bond donors (Lipinski definition) is 6. The SMILES string of the molecule is NC(=O)c1ccccc1.O=C(Nc1ccc2cc[nH]c2c1)c1cc(O)c(O)c(O)c1. The number of H-pyrrole nitrogens is 1. The minimum atomic E-state index is -0.653. The maximum Gasteiger partial charge on any atom is 0.255 e. The first kappa shape index (κ1) is 20.3. The number of amides is 2. The van der Waals surface area contributed by atoms with Gasteiger partial charge in [-0.05, 0) is 47.9 Å². The molecule has 0 atom stereocenters. The molecule has 8 heteroatoms. The molecule has 2 amide bonds. The molecule has 0 saturated carbocycles. The lowest BCUT2D eigenvalue weighted by Gasteiger charge is -2.07. The van der Waals surface area contributed by atoms with Crippen LogP contribution < -0.4 is 11.1 Å². The van der Waals surface area contributed by atoms with E-state index in [-0.39, 0.29) is 11.5 Å². The number of rotatable bonds is 3. The highest BCUT2D eigenvalue weighted by Crippen LogP contribution is 2.35. The highest BCUT2D eigenvalue weighted by Gasteiger charge is 2.13. The lowest BCUT2D eigenvalue weighted by Crippen LogP contribution is -2.11. The Morgan fingerprint density at radius 3 is 2.10 bits per heavy atom. The number of benzene rings is 3. The van der Waals surface area contributed by atoms with Gasteiger partial charge in [-0.3, -0.25) is 9.59 Å². The summed E-state index contributed by atoms with van der Waals surface area (Å²) < 4.78 is 0. The molecule has 1 aromatic heterocycles. The lowest BCUT2D eigenvalue weighted by molar-refractivity contribution is 0.0997. The smallest absolute Gasteiger partial charge is 0.255 e. The molecular weight excluding hydrogens is 386 g/mol. The van der Waals surface area contributed by atoms with Crippen molar-refractivity contribution in [2.75, 3.05) is 5.32 Å². The van der Waals surface area contributed by atoms with Crippen molar-refractivity contribution in [1.29, 1.82) is 0 Å². The fourth-order valence-corrected chi connectivity index (χ4v) is 2.67. The molecule has 4 aromatic rings. The number of carbonyl (C=O) groups is 2. The van der Waals surface area contributed by atoms with Gasteiger partial charge in [-0.1, -0.05) is 24.3 Å². The van der Waals surface area contributed by atoms with Crippen LogP contribution in [-0.4, -0.2) is 32.1 Å². The third-order valence-corrected chi connectivity index (χ3v) is 4.20. The summed E-state index contributed by atoms with van der Waals surface area (Å²) in [6.07, 6.45) is 1.80. The molecule has 0 spiro atoms. The molecule has 0 radical (unpaired) electrons. The molecule has 30 heavy (non-hydrogen) atoms. The van der Waals surface area contributed by atoms with Crippen molar-refractivity contribution in [3.05, 3.63) is 84.1 Å². The molecule has 0 saturated heterocycles. The molecule has 152 valence electrons. The van der Waals surface area contributed by atoms with Crippen LogP contribution in [0.25, 0.3) is 10.9 Å². The summed E-state index contributed by atoms with van der Waals surface area (Å²) in [5, 5.41) is 31.8. The second-order valence-corrected chi connectivity index (χ2v) is 6.33. The van der Waals surface area contributed by atoms with E-state index in [4.69, 9.17) is 5.73 Å². The molecule has 4 rings (SSSR count). The third-order valence-electron chi connectivity index (χ3n) is 4.20. The highest BCUT2D eigenvalue weighted by molar-refractivity contribution is 6.05. The Kier molecular flexibility index (Phi) is 5.88. The van der Waals surface area contributed by atoms with E-state index in [1.54, 1.807) is 42.6 Å². The lowest BCUT2D eigenvalue weighted by atomic mass is 10.1. The van der Waals surface area contributed by atoms with E-state index in [2.05, 4.69) is 10.3 Å². The predicted molar refractivity (Wildman–Crippen MR) is 113 cm³/mol. The zero-order valence-electron chi connectivity index (χ0n) is 15.7. The molecular formula is C22H19N3O5. The molecule has 0 aliphatic carbocycles. The van der Waals surface area contributed by atoms with Crippen molar-refractivity contribution in [1.82, 2.24) is 4.98 Å².